The first-order valence-corrected chi connectivity index (χ1v) is 15.6. The molecule has 0 bridgehead atoms. The van der Waals surface area contributed by atoms with Gasteiger partial charge in [0.25, 0.3) is 0 Å². The molecule has 1 amide bonds. The molecule has 1 N–H and O–H groups in total. The number of sulfonamides is 1. The molecule has 41 heavy (non-hydrogen) atoms. The van der Waals surface area contributed by atoms with Gasteiger partial charge in [-0.3, -0.25) is 9.05 Å². The van der Waals surface area contributed by atoms with Crippen molar-refractivity contribution in [1.29, 1.82) is 0 Å². The third-order valence-electron chi connectivity index (χ3n) is 6.61. The molecule has 0 aliphatic carbocycles. The highest BCUT2D eigenvalue weighted by atomic mass is 32.2. The Morgan fingerprint density at radius 3 is 2.32 bits per heavy atom. The Morgan fingerprint density at radius 1 is 1.15 bits per heavy atom. The number of hydrogen-bond donors (Lipinski definition) is 1. The smallest absolute Gasteiger partial charge is 0.434 e. The van der Waals surface area contributed by atoms with Crippen molar-refractivity contribution in [2.75, 3.05) is 73.7 Å². The van der Waals surface area contributed by atoms with Crippen LogP contribution in [0.1, 0.15) is 12.8 Å². The van der Waals surface area contributed by atoms with Crippen molar-refractivity contribution in [1.82, 2.24) is 9.21 Å². The molecule has 2 aliphatic rings. The van der Waals surface area contributed by atoms with Crippen LogP contribution in [0.25, 0.3) is 0 Å². The van der Waals surface area contributed by atoms with Gasteiger partial charge in [0, 0.05) is 26.2 Å². The van der Waals surface area contributed by atoms with Crippen LogP contribution in [0.2, 0.25) is 0 Å². The largest absolute Gasteiger partial charge is 0.472 e. The fourth-order valence-electron chi connectivity index (χ4n) is 4.19. The Hall–Kier alpha value is -1.85. The van der Waals surface area contributed by atoms with E-state index in [0.29, 0.717) is 4.48 Å². The summed E-state index contributed by atoms with van der Waals surface area (Å²) in [5.41, 5.74) is -0.985. The fraction of sp³-hybridized carbons (Fsp3) is 0.696. The number of nitrogens with zero attached hydrogens (tertiary/aromatic N) is 3. The van der Waals surface area contributed by atoms with Crippen molar-refractivity contribution >= 4 is 23.9 Å². The number of carbonyl (C=O) groups is 1. The van der Waals surface area contributed by atoms with Crippen molar-refractivity contribution in [2.45, 2.75) is 35.6 Å². The monoisotopic (exact) mass is 636 g/mol. The SMILES string of the molecule is C[N+](C)(C)CCOP(=O)(O)OC[C@@H](OC(=O)N1CCC2(CC1)CN(S(=O)(=O)c1ccc(F)cc1)CCO2)C(F)(F)F. The average molecular weight is 637 g/mol. The number of phosphoric acid groups is 1. The molecule has 18 heteroatoms. The van der Waals surface area contributed by atoms with E-state index < -0.39 is 54.2 Å². The molecule has 12 nitrogen and oxygen atoms in total. The molecule has 1 aromatic carbocycles. The van der Waals surface area contributed by atoms with E-state index in [2.05, 4.69) is 9.26 Å². The Morgan fingerprint density at radius 2 is 1.76 bits per heavy atom. The van der Waals surface area contributed by atoms with E-state index in [4.69, 9.17) is 9.26 Å². The topological polar surface area (TPSA) is 132 Å². The fourth-order valence-corrected chi connectivity index (χ4v) is 6.40. The van der Waals surface area contributed by atoms with Gasteiger partial charge < -0.3 is 23.8 Å². The third kappa shape index (κ3) is 9.58. The molecule has 2 atom stereocenters. The highest BCUT2D eigenvalue weighted by Crippen LogP contribution is 2.44. The first kappa shape index (κ1) is 33.6. The molecule has 2 aliphatic heterocycles. The lowest BCUT2D eigenvalue weighted by Crippen LogP contribution is -2.58. The second-order valence-corrected chi connectivity index (χ2v) is 14.2. The number of benzene rings is 1. The molecule has 2 heterocycles. The number of piperidine rings is 1. The first-order valence-electron chi connectivity index (χ1n) is 12.7. The minimum Gasteiger partial charge on any atom is -0.434 e. The second-order valence-electron chi connectivity index (χ2n) is 10.8. The van der Waals surface area contributed by atoms with Gasteiger partial charge in [0.1, 0.15) is 25.6 Å². The molecule has 2 fully saturated rings. The van der Waals surface area contributed by atoms with E-state index >= 15 is 0 Å². The highest BCUT2D eigenvalue weighted by Gasteiger charge is 2.47. The number of morpholine rings is 1. The van der Waals surface area contributed by atoms with E-state index in [1.54, 1.807) is 21.1 Å². The molecule has 234 valence electrons. The maximum atomic E-state index is 13.5. The van der Waals surface area contributed by atoms with Crippen LogP contribution >= 0.6 is 7.82 Å². The van der Waals surface area contributed by atoms with Gasteiger partial charge in [-0.05, 0) is 37.1 Å². The standard InChI is InChI=1S/C23H34F4N3O9PS/c1-30(2,3)13-15-37-40(32,33)38-16-20(23(25,26)27)39-21(31)28-10-8-22(9-11-28)17-29(12-14-36-22)41(34,35)19-6-4-18(24)5-7-19/h4-7,20H,8-17H2,1-3H3/p+1/t20-/m1/s1. The average Bonchev–Trinajstić information content (AvgIpc) is 2.85. The van der Waals surface area contributed by atoms with E-state index in [9.17, 15) is 40.2 Å². The van der Waals surface area contributed by atoms with Crippen molar-refractivity contribution < 1.29 is 63.2 Å². The van der Waals surface area contributed by atoms with Gasteiger partial charge in [-0.25, -0.2) is 22.2 Å². The number of rotatable bonds is 10. The second kappa shape index (κ2) is 12.8. The van der Waals surface area contributed by atoms with Crippen LogP contribution in [0.4, 0.5) is 22.4 Å². The molecule has 0 radical (unpaired) electrons. The normalized spacial score (nSPS) is 20.9. The van der Waals surface area contributed by atoms with Gasteiger partial charge in [0.2, 0.25) is 16.1 Å². The number of likely N-dealkylation sites (tertiary alicyclic amines) is 1. The van der Waals surface area contributed by atoms with Gasteiger partial charge >= 0.3 is 20.1 Å². The highest BCUT2D eigenvalue weighted by molar-refractivity contribution is 7.89. The Kier molecular flexibility index (Phi) is 10.5. The van der Waals surface area contributed by atoms with E-state index in [1.807, 2.05) is 0 Å². The molecule has 1 aromatic rings. The van der Waals surface area contributed by atoms with Crippen LogP contribution in [-0.2, 0) is 33.1 Å². The number of quaternary nitrogens is 1. The van der Waals surface area contributed by atoms with E-state index in [-0.39, 0.29) is 63.7 Å². The van der Waals surface area contributed by atoms with Crippen molar-refractivity contribution in [2.24, 2.45) is 0 Å². The van der Waals surface area contributed by atoms with Gasteiger partial charge in [0.05, 0.1) is 38.2 Å². The summed E-state index contributed by atoms with van der Waals surface area (Å²) in [6.45, 7) is -1.58. The van der Waals surface area contributed by atoms with E-state index in [0.717, 1.165) is 29.2 Å². The predicted octanol–water partition coefficient (Wildman–Crippen LogP) is 2.59. The maximum absolute atomic E-state index is 13.5. The van der Waals surface area contributed by atoms with Crippen LogP contribution < -0.4 is 0 Å². The quantitative estimate of drug-likeness (QED) is 0.234. The van der Waals surface area contributed by atoms with Crippen LogP contribution in [0.15, 0.2) is 29.2 Å². The maximum Gasteiger partial charge on any atom is 0.472 e. The Balaban J connectivity index is 1.56. The number of hydrogen-bond acceptors (Lipinski definition) is 8. The van der Waals surface area contributed by atoms with Crippen molar-refractivity contribution in [3.8, 4) is 0 Å². The number of ether oxygens (including phenoxy) is 2. The number of amides is 1. The Labute approximate surface area is 235 Å². The number of phosphoric ester groups is 1. The minimum atomic E-state index is -5.10. The molecule has 0 aromatic heterocycles. The molecule has 1 unspecified atom stereocenters. The van der Waals surface area contributed by atoms with Crippen molar-refractivity contribution in [3.63, 3.8) is 0 Å². The summed E-state index contributed by atoms with van der Waals surface area (Å²) in [5.74, 6) is -0.588. The van der Waals surface area contributed by atoms with Crippen LogP contribution in [0, 0.1) is 5.82 Å². The van der Waals surface area contributed by atoms with Crippen molar-refractivity contribution in [3.05, 3.63) is 30.1 Å². The summed E-state index contributed by atoms with van der Waals surface area (Å²) in [6, 6.07) is 4.37. The summed E-state index contributed by atoms with van der Waals surface area (Å²) in [5, 5.41) is 0. The number of likely N-dealkylation sites (N-methyl/N-ethyl adjacent to an activating group) is 1. The first-order chi connectivity index (χ1) is 18.8. The summed E-state index contributed by atoms with van der Waals surface area (Å²) in [4.78, 5) is 23.2. The minimum absolute atomic E-state index is 0.0498. The van der Waals surface area contributed by atoms with Gasteiger partial charge in [-0.1, -0.05) is 0 Å². The number of alkyl halides is 3. The predicted molar refractivity (Wildman–Crippen MR) is 136 cm³/mol. The van der Waals surface area contributed by atoms with Crippen LogP contribution in [-0.4, -0.2) is 125 Å². The third-order valence-corrected chi connectivity index (χ3v) is 9.46. The Bertz CT molecular complexity index is 1200. The molecular formula is C23H35F4N3O9PS+. The lowest BCUT2D eigenvalue weighted by Gasteiger charge is -2.46. The summed E-state index contributed by atoms with van der Waals surface area (Å²) in [6.07, 6.45) is -9.05. The zero-order valence-corrected chi connectivity index (χ0v) is 24.6. The molecule has 2 saturated heterocycles. The molecule has 1 spiro atoms. The zero-order valence-electron chi connectivity index (χ0n) is 22.9. The number of carbonyl (C=O) groups excluding carboxylic acids is 1. The van der Waals surface area contributed by atoms with E-state index in [1.165, 1.54) is 4.31 Å². The lowest BCUT2D eigenvalue weighted by atomic mass is 9.90. The molecular weight excluding hydrogens is 601 g/mol. The molecule has 0 saturated carbocycles. The van der Waals surface area contributed by atoms with Crippen LogP contribution in [0.3, 0.4) is 0 Å². The lowest BCUT2D eigenvalue weighted by molar-refractivity contribution is -0.870. The summed E-state index contributed by atoms with van der Waals surface area (Å²) >= 11 is 0. The van der Waals surface area contributed by atoms with Gasteiger partial charge in [0.15, 0.2) is 0 Å². The van der Waals surface area contributed by atoms with Gasteiger partial charge in [-0.15, -0.1) is 0 Å². The summed E-state index contributed by atoms with van der Waals surface area (Å²) in [7, 11) is -3.47. The zero-order chi connectivity index (χ0) is 30.7. The summed E-state index contributed by atoms with van der Waals surface area (Å²) < 4.78 is 113. The van der Waals surface area contributed by atoms with Gasteiger partial charge in [-0.2, -0.15) is 17.5 Å². The molecule has 3 rings (SSSR count). The number of halogens is 4. The van der Waals surface area contributed by atoms with Crippen LogP contribution in [0.5, 0.6) is 0 Å².